The monoisotopic (exact) mass is 434 g/mol. The van der Waals surface area contributed by atoms with Crippen molar-refractivity contribution in [3.05, 3.63) is 48.2 Å². The lowest BCUT2D eigenvalue weighted by atomic mass is 10.0. The van der Waals surface area contributed by atoms with Gasteiger partial charge < -0.3 is 9.47 Å². The summed E-state index contributed by atoms with van der Waals surface area (Å²) in [6, 6.07) is 12.7. The molecule has 1 fully saturated rings. The predicted octanol–water partition coefficient (Wildman–Crippen LogP) is 5.63. The van der Waals surface area contributed by atoms with Crippen LogP contribution in [0.15, 0.2) is 47.4 Å². The lowest BCUT2D eigenvalue weighted by molar-refractivity contribution is -0.274. The largest absolute Gasteiger partial charge is 0.573 e. The summed E-state index contributed by atoms with van der Waals surface area (Å²) >= 11 is 1.47. The van der Waals surface area contributed by atoms with E-state index in [1.165, 1.54) is 11.8 Å². The number of aromatic nitrogens is 2. The van der Waals surface area contributed by atoms with E-state index in [0.717, 1.165) is 24.0 Å². The highest BCUT2D eigenvalue weighted by Crippen LogP contribution is 2.49. The van der Waals surface area contributed by atoms with Crippen LogP contribution in [0.1, 0.15) is 30.3 Å². The van der Waals surface area contributed by atoms with Crippen LogP contribution in [-0.4, -0.2) is 34.4 Å². The molecule has 0 radical (unpaired) electrons. The molecule has 0 saturated heterocycles. The minimum absolute atomic E-state index is 0.0161. The standard InChI is InChI=1S/C21H17F3N2O3S/c1-2-28-20(27)17-18(29-21(22,23)24)16-15(25-26-17)11-10-14(12-6-4-3-5-7-12)19(16)30-13-8-9-13/h3-7,10-11,13H,2,8-9H2,1H3. The van der Waals surface area contributed by atoms with Crippen LogP contribution < -0.4 is 4.74 Å². The smallest absolute Gasteiger partial charge is 0.461 e. The summed E-state index contributed by atoms with van der Waals surface area (Å²) in [6.07, 6.45) is -3.08. The fraction of sp³-hybridized carbons (Fsp3) is 0.286. The van der Waals surface area contributed by atoms with E-state index in [2.05, 4.69) is 14.9 Å². The minimum atomic E-state index is -5.01. The molecule has 1 aliphatic carbocycles. The summed E-state index contributed by atoms with van der Waals surface area (Å²) in [5.41, 5.74) is 1.21. The number of ether oxygens (including phenoxy) is 2. The zero-order chi connectivity index (χ0) is 21.3. The lowest BCUT2D eigenvalue weighted by Gasteiger charge is -2.18. The first kappa shape index (κ1) is 20.5. The fourth-order valence-electron chi connectivity index (χ4n) is 3.01. The number of halogens is 3. The van der Waals surface area contributed by atoms with Crippen molar-refractivity contribution in [3.63, 3.8) is 0 Å². The van der Waals surface area contributed by atoms with Gasteiger partial charge in [-0.1, -0.05) is 36.4 Å². The van der Waals surface area contributed by atoms with E-state index >= 15 is 0 Å². The van der Waals surface area contributed by atoms with Crippen LogP contribution in [0.2, 0.25) is 0 Å². The Labute approximate surface area is 174 Å². The van der Waals surface area contributed by atoms with Crippen molar-refractivity contribution in [2.45, 2.75) is 36.3 Å². The van der Waals surface area contributed by atoms with E-state index in [9.17, 15) is 18.0 Å². The van der Waals surface area contributed by atoms with Gasteiger partial charge in [-0.25, -0.2) is 4.79 Å². The quantitative estimate of drug-likeness (QED) is 0.469. The number of carbonyl (C=O) groups excluding carboxylic acids is 1. The van der Waals surface area contributed by atoms with Crippen LogP contribution in [-0.2, 0) is 4.74 Å². The number of fused-ring (bicyclic) bond motifs is 1. The molecule has 2 aromatic carbocycles. The summed E-state index contributed by atoms with van der Waals surface area (Å²) in [4.78, 5) is 12.9. The summed E-state index contributed by atoms with van der Waals surface area (Å²) < 4.78 is 49.1. The summed E-state index contributed by atoms with van der Waals surface area (Å²) in [5.74, 6) is -1.69. The van der Waals surface area contributed by atoms with Gasteiger partial charge in [0.1, 0.15) is 0 Å². The Morgan fingerprint density at radius 1 is 1.13 bits per heavy atom. The number of alkyl halides is 3. The van der Waals surface area contributed by atoms with Crippen molar-refractivity contribution in [2.24, 2.45) is 0 Å². The number of benzene rings is 2. The molecule has 1 aliphatic rings. The molecule has 0 amide bonds. The van der Waals surface area contributed by atoms with Crippen molar-refractivity contribution in [1.82, 2.24) is 10.2 Å². The summed E-state index contributed by atoms with van der Waals surface area (Å²) in [5, 5.41) is 8.08. The lowest BCUT2D eigenvalue weighted by Crippen LogP contribution is -2.21. The number of hydrogen-bond acceptors (Lipinski definition) is 6. The van der Waals surface area contributed by atoms with Gasteiger partial charge in [0.25, 0.3) is 0 Å². The van der Waals surface area contributed by atoms with E-state index in [-0.39, 0.29) is 22.8 Å². The van der Waals surface area contributed by atoms with E-state index < -0.39 is 23.8 Å². The molecular formula is C21H17F3N2O3S. The van der Waals surface area contributed by atoms with Gasteiger partial charge in [-0.2, -0.15) is 0 Å². The molecule has 5 nitrogen and oxygen atoms in total. The van der Waals surface area contributed by atoms with Crippen LogP contribution in [0.5, 0.6) is 5.75 Å². The highest BCUT2D eigenvalue weighted by molar-refractivity contribution is 8.00. The first-order valence-electron chi connectivity index (χ1n) is 9.35. The fourth-order valence-corrected chi connectivity index (χ4v) is 4.34. The molecule has 4 rings (SSSR count). The van der Waals surface area contributed by atoms with Crippen molar-refractivity contribution in [1.29, 1.82) is 0 Å². The van der Waals surface area contributed by atoms with Gasteiger partial charge in [0.2, 0.25) is 5.69 Å². The maximum absolute atomic E-state index is 13.3. The van der Waals surface area contributed by atoms with Crippen molar-refractivity contribution in [2.75, 3.05) is 6.61 Å². The molecule has 0 unspecified atom stereocenters. The Bertz CT molecular complexity index is 1090. The van der Waals surface area contributed by atoms with Gasteiger partial charge in [0.05, 0.1) is 17.5 Å². The van der Waals surface area contributed by atoms with Crippen LogP contribution in [0, 0.1) is 0 Å². The molecule has 3 aromatic rings. The molecule has 0 bridgehead atoms. The Balaban J connectivity index is 2.02. The van der Waals surface area contributed by atoms with E-state index in [1.54, 1.807) is 19.1 Å². The second-order valence-corrected chi connectivity index (χ2v) is 7.98. The van der Waals surface area contributed by atoms with Gasteiger partial charge in [-0.3, -0.25) is 0 Å². The molecule has 1 saturated carbocycles. The number of rotatable bonds is 6. The van der Waals surface area contributed by atoms with Gasteiger partial charge in [0, 0.05) is 10.1 Å². The number of hydrogen-bond donors (Lipinski definition) is 0. The average Bonchev–Trinajstić information content (AvgIpc) is 3.52. The van der Waals surface area contributed by atoms with Crippen molar-refractivity contribution < 1.29 is 27.4 Å². The van der Waals surface area contributed by atoms with Crippen molar-refractivity contribution in [3.8, 4) is 16.9 Å². The predicted molar refractivity (Wildman–Crippen MR) is 106 cm³/mol. The maximum Gasteiger partial charge on any atom is 0.573 e. The molecule has 30 heavy (non-hydrogen) atoms. The molecule has 156 valence electrons. The number of esters is 1. The summed E-state index contributed by atoms with van der Waals surface area (Å²) in [7, 11) is 0. The number of thioether (sulfide) groups is 1. The third kappa shape index (κ3) is 4.35. The van der Waals surface area contributed by atoms with Crippen LogP contribution in [0.25, 0.3) is 22.0 Å². The third-order valence-corrected chi connectivity index (χ3v) is 5.88. The Kier molecular flexibility index (Phi) is 5.55. The minimum Gasteiger partial charge on any atom is -0.461 e. The Morgan fingerprint density at radius 2 is 1.87 bits per heavy atom. The van der Waals surface area contributed by atoms with Gasteiger partial charge in [-0.05, 0) is 37.0 Å². The molecule has 9 heteroatoms. The number of nitrogens with zero attached hydrogens (tertiary/aromatic N) is 2. The van der Waals surface area contributed by atoms with Crippen LogP contribution in [0.3, 0.4) is 0 Å². The second kappa shape index (κ2) is 8.14. The number of carbonyl (C=O) groups is 1. The first-order chi connectivity index (χ1) is 14.4. The zero-order valence-corrected chi connectivity index (χ0v) is 16.7. The average molecular weight is 434 g/mol. The van der Waals surface area contributed by atoms with Gasteiger partial charge >= 0.3 is 12.3 Å². The maximum atomic E-state index is 13.3. The Hall–Kier alpha value is -2.81. The zero-order valence-electron chi connectivity index (χ0n) is 15.9. The van der Waals surface area contributed by atoms with Gasteiger partial charge in [-0.15, -0.1) is 35.1 Å². The molecule has 0 aliphatic heterocycles. The molecule has 1 aromatic heterocycles. The van der Waals surface area contributed by atoms with E-state index in [0.29, 0.717) is 4.90 Å². The normalized spacial score (nSPS) is 14.0. The van der Waals surface area contributed by atoms with E-state index in [4.69, 9.17) is 4.74 Å². The van der Waals surface area contributed by atoms with Crippen LogP contribution in [0.4, 0.5) is 13.2 Å². The van der Waals surface area contributed by atoms with Gasteiger partial charge in [0.15, 0.2) is 5.75 Å². The van der Waals surface area contributed by atoms with E-state index in [1.807, 2.05) is 30.3 Å². The van der Waals surface area contributed by atoms with Crippen molar-refractivity contribution >= 4 is 28.6 Å². The second-order valence-electron chi connectivity index (χ2n) is 6.67. The summed E-state index contributed by atoms with van der Waals surface area (Å²) in [6.45, 7) is 1.54. The Morgan fingerprint density at radius 3 is 2.50 bits per heavy atom. The molecule has 0 atom stereocenters. The third-order valence-electron chi connectivity index (χ3n) is 4.42. The van der Waals surface area contributed by atoms with Crippen LogP contribution >= 0.6 is 11.8 Å². The first-order valence-corrected chi connectivity index (χ1v) is 10.2. The highest BCUT2D eigenvalue weighted by atomic mass is 32.2. The molecule has 0 N–H and O–H groups in total. The molecular weight excluding hydrogens is 417 g/mol. The molecule has 0 spiro atoms. The topological polar surface area (TPSA) is 61.3 Å². The highest BCUT2D eigenvalue weighted by Gasteiger charge is 2.37. The SMILES string of the molecule is CCOC(=O)c1nnc2ccc(-c3ccccc3)c(SC3CC3)c2c1OC(F)(F)F. The molecule has 1 heterocycles.